The van der Waals surface area contributed by atoms with E-state index >= 15 is 0 Å². The first-order valence-electron chi connectivity index (χ1n) is 9.16. The van der Waals surface area contributed by atoms with Crippen molar-refractivity contribution in [3.63, 3.8) is 0 Å². The lowest BCUT2D eigenvalue weighted by molar-refractivity contribution is -0.660. The summed E-state index contributed by atoms with van der Waals surface area (Å²) in [4.78, 5) is 1.34. The van der Waals surface area contributed by atoms with E-state index in [9.17, 15) is 0 Å². The van der Waals surface area contributed by atoms with Crippen LogP contribution in [0.3, 0.4) is 0 Å². The summed E-state index contributed by atoms with van der Waals surface area (Å²) in [6, 6.07) is 21.9. The number of fused-ring (bicyclic) bond motifs is 3. The molecule has 0 aliphatic rings. The number of aromatic nitrogens is 2. The Labute approximate surface area is 162 Å². The van der Waals surface area contributed by atoms with Crippen LogP contribution in [0.4, 0.5) is 0 Å². The highest BCUT2D eigenvalue weighted by Crippen LogP contribution is 2.38. The van der Waals surface area contributed by atoms with Gasteiger partial charge < -0.3 is 4.57 Å². The van der Waals surface area contributed by atoms with Gasteiger partial charge >= 0.3 is 0 Å². The van der Waals surface area contributed by atoms with Crippen LogP contribution >= 0.6 is 11.3 Å². The SMILES string of the molecule is Cc1c(-c2ccc3c(c2)c2ccccc2n3C)csc1-c1cccc[n+]1C. The zero-order valence-corrected chi connectivity index (χ0v) is 16.5. The van der Waals surface area contributed by atoms with E-state index in [1.165, 1.54) is 49.1 Å². The fourth-order valence-corrected chi connectivity index (χ4v) is 5.22. The smallest absolute Gasteiger partial charge is 0.222 e. The number of benzene rings is 2. The molecular weight excluding hydrogens is 348 g/mol. The van der Waals surface area contributed by atoms with Crippen LogP contribution in [0.25, 0.3) is 43.5 Å². The number of aryl methyl sites for hydroxylation is 2. The first-order chi connectivity index (χ1) is 13.1. The molecule has 0 saturated carbocycles. The highest BCUT2D eigenvalue weighted by atomic mass is 32.1. The van der Waals surface area contributed by atoms with Crippen molar-refractivity contribution in [3.05, 3.63) is 77.8 Å². The third kappa shape index (κ3) is 2.42. The van der Waals surface area contributed by atoms with Crippen LogP contribution in [-0.4, -0.2) is 4.57 Å². The summed E-state index contributed by atoms with van der Waals surface area (Å²) in [6.45, 7) is 2.24. The van der Waals surface area contributed by atoms with Gasteiger partial charge in [-0.3, -0.25) is 0 Å². The molecule has 0 bridgehead atoms. The summed E-state index contributed by atoms with van der Waals surface area (Å²) < 4.78 is 4.47. The van der Waals surface area contributed by atoms with Gasteiger partial charge in [0.25, 0.3) is 0 Å². The van der Waals surface area contributed by atoms with Gasteiger partial charge in [-0.15, -0.1) is 11.3 Å². The van der Waals surface area contributed by atoms with Crippen molar-refractivity contribution in [1.82, 2.24) is 4.57 Å². The Hall–Kier alpha value is -2.91. The predicted octanol–water partition coefficient (Wildman–Crippen LogP) is 5.86. The van der Waals surface area contributed by atoms with Gasteiger partial charge in [0.1, 0.15) is 11.9 Å². The monoisotopic (exact) mass is 369 g/mol. The van der Waals surface area contributed by atoms with Gasteiger partial charge in [0.15, 0.2) is 6.20 Å². The molecule has 0 radical (unpaired) electrons. The Balaban J connectivity index is 1.71. The van der Waals surface area contributed by atoms with Crippen LogP contribution in [0.5, 0.6) is 0 Å². The topological polar surface area (TPSA) is 8.81 Å². The summed E-state index contributed by atoms with van der Waals surface area (Å²) in [5, 5.41) is 4.94. The van der Waals surface area contributed by atoms with Gasteiger partial charge in [-0.2, -0.15) is 0 Å². The lowest BCUT2D eigenvalue weighted by atomic mass is 10.0. The molecule has 0 saturated heterocycles. The summed E-state index contributed by atoms with van der Waals surface area (Å²) >= 11 is 1.83. The van der Waals surface area contributed by atoms with Crippen LogP contribution < -0.4 is 4.57 Å². The van der Waals surface area contributed by atoms with Gasteiger partial charge in [0, 0.05) is 41.0 Å². The van der Waals surface area contributed by atoms with Crippen LogP contribution in [0.1, 0.15) is 5.56 Å². The van der Waals surface area contributed by atoms with E-state index in [1.54, 1.807) is 0 Å². The van der Waals surface area contributed by atoms with Crippen molar-refractivity contribution in [3.8, 4) is 21.7 Å². The fraction of sp³-hybridized carbons (Fsp3) is 0.125. The van der Waals surface area contributed by atoms with Crippen molar-refractivity contribution in [1.29, 1.82) is 0 Å². The van der Waals surface area contributed by atoms with Gasteiger partial charge in [0.2, 0.25) is 5.69 Å². The number of hydrogen-bond donors (Lipinski definition) is 0. The third-order valence-corrected chi connectivity index (χ3v) is 6.66. The number of para-hydroxylation sites is 1. The highest BCUT2D eigenvalue weighted by molar-refractivity contribution is 7.14. The molecule has 3 heterocycles. The molecule has 27 heavy (non-hydrogen) atoms. The number of thiophene rings is 1. The second-order valence-corrected chi connectivity index (χ2v) is 7.99. The van der Waals surface area contributed by atoms with Gasteiger partial charge in [-0.05, 0) is 53.3 Å². The maximum Gasteiger partial charge on any atom is 0.222 e. The molecule has 5 rings (SSSR count). The van der Waals surface area contributed by atoms with E-state index in [-0.39, 0.29) is 0 Å². The molecule has 132 valence electrons. The van der Waals surface area contributed by atoms with Crippen LogP contribution in [0.2, 0.25) is 0 Å². The molecule has 3 aromatic heterocycles. The Kier molecular flexibility index (Phi) is 3.66. The molecule has 0 spiro atoms. The number of pyridine rings is 1. The van der Waals surface area contributed by atoms with E-state index in [0.29, 0.717) is 0 Å². The van der Waals surface area contributed by atoms with E-state index in [2.05, 4.69) is 102 Å². The fourth-order valence-electron chi connectivity index (χ4n) is 4.05. The van der Waals surface area contributed by atoms with E-state index < -0.39 is 0 Å². The Morgan fingerprint density at radius 2 is 1.67 bits per heavy atom. The first kappa shape index (κ1) is 16.3. The maximum atomic E-state index is 2.35. The van der Waals surface area contributed by atoms with Gasteiger partial charge in [0.05, 0.1) is 0 Å². The lowest BCUT2D eigenvalue weighted by Crippen LogP contribution is -2.29. The Morgan fingerprint density at radius 3 is 2.52 bits per heavy atom. The minimum absolute atomic E-state index is 1.26. The highest BCUT2D eigenvalue weighted by Gasteiger charge is 2.18. The predicted molar refractivity (Wildman–Crippen MR) is 115 cm³/mol. The molecule has 0 amide bonds. The standard InChI is InChI=1S/C24H21N2S/c1-16-20(15-27-24(16)23-10-6-7-13-25(23)2)17-11-12-22-19(14-17)18-8-4-5-9-21(18)26(22)3/h4-15H,1-3H3/q+1. The summed E-state index contributed by atoms with van der Waals surface area (Å²) in [7, 11) is 4.25. The molecule has 3 heteroatoms. The molecule has 0 atom stereocenters. The van der Waals surface area contributed by atoms with E-state index in [4.69, 9.17) is 0 Å². The van der Waals surface area contributed by atoms with E-state index in [0.717, 1.165) is 0 Å². The largest absolute Gasteiger partial charge is 0.344 e. The van der Waals surface area contributed by atoms with Crippen LogP contribution in [-0.2, 0) is 14.1 Å². The molecule has 0 unspecified atom stereocenters. The van der Waals surface area contributed by atoms with Crippen molar-refractivity contribution in [2.75, 3.05) is 0 Å². The zero-order valence-electron chi connectivity index (χ0n) is 15.7. The quantitative estimate of drug-likeness (QED) is 0.345. The summed E-state index contributed by atoms with van der Waals surface area (Å²) in [6.07, 6.45) is 2.11. The van der Waals surface area contributed by atoms with Gasteiger partial charge in [-0.1, -0.05) is 24.3 Å². The Bertz CT molecular complexity index is 1310. The Morgan fingerprint density at radius 1 is 0.889 bits per heavy atom. The maximum absolute atomic E-state index is 2.35. The molecule has 0 N–H and O–H groups in total. The molecule has 2 nitrogen and oxygen atoms in total. The number of rotatable bonds is 2. The zero-order chi connectivity index (χ0) is 18.5. The average Bonchev–Trinajstić information content (AvgIpc) is 3.21. The molecule has 0 aliphatic carbocycles. The molecule has 0 fully saturated rings. The summed E-state index contributed by atoms with van der Waals surface area (Å²) in [5.41, 5.74) is 7.79. The molecular formula is C24H21N2S+. The lowest BCUT2D eigenvalue weighted by Gasteiger charge is -2.04. The normalized spacial score (nSPS) is 11.5. The van der Waals surface area contributed by atoms with Crippen LogP contribution in [0.15, 0.2) is 72.2 Å². The second kappa shape index (κ2) is 6.07. The number of hydrogen-bond acceptors (Lipinski definition) is 1. The molecule has 5 aromatic rings. The minimum atomic E-state index is 1.26. The number of nitrogens with zero attached hydrogens (tertiary/aromatic N) is 2. The van der Waals surface area contributed by atoms with Crippen LogP contribution in [0, 0.1) is 6.92 Å². The van der Waals surface area contributed by atoms with Crippen molar-refractivity contribution < 1.29 is 4.57 Å². The second-order valence-electron chi connectivity index (χ2n) is 7.11. The molecule has 0 aliphatic heterocycles. The average molecular weight is 370 g/mol. The molecule has 2 aromatic carbocycles. The first-order valence-corrected chi connectivity index (χ1v) is 10.0. The van der Waals surface area contributed by atoms with Gasteiger partial charge in [-0.25, -0.2) is 4.57 Å². The van der Waals surface area contributed by atoms with E-state index in [1.807, 2.05) is 11.3 Å². The summed E-state index contributed by atoms with van der Waals surface area (Å²) in [5.74, 6) is 0. The third-order valence-electron chi connectivity index (χ3n) is 5.55. The minimum Gasteiger partial charge on any atom is -0.344 e. The van der Waals surface area contributed by atoms with Crippen molar-refractivity contribution in [2.45, 2.75) is 6.92 Å². The van der Waals surface area contributed by atoms with Crippen molar-refractivity contribution in [2.24, 2.45) is 14.1 Å². The van der Waals surface area contributed by atoms with Crippen molar-refractivity contribution >= 4 is 33.1 Å².